The summed E-state index contributed by atoms with van der Waals surface area (Å²) >= 11 is 0. The number of β-lactam (4-membered cyclic amide) rings is 1. The lowest BCUT2D eigenvalue weighted by atomic mass is 9.78. The van der Waals surface area contributed by atoms with Gasteiger partial charge >= 0.3 is 5.97 Å². The maximum absolute atomic E-state index is 13.6. The number of rotatable bonds is 11. The van der Waals surface area contributed by atoms with Crippen LogP contribution in [0, 0.1) is 23.6 Å². The van der Waals surface area contributed by atoms with Crippen LogP contribution in [0.4, 0.5) is 10.1 Å². The van der Waals surface area contributed by atoms with Gasteiger partial charge in [-0.05, 0) is 72.5 Å². The van der Waals surface area contributed by atoms with E-state index in [-0.39, 0.29) is 24.6 Å². The molecule has 50 heavy (non-hydrogen) atoms. The van der Waals surface area contributed by atoms with Crippen LogP contribution in [0.15, 0.2) is 72.8 Å². The summed E-state index contributed by atoms with van der Waals surface area (Å²) in [5.41, 5.74) is 2.42. The second kappa shape index (κ2) is 15.7. The fourth-order valence-corrected chi connectivity index (χ4v) is 6.18. The first kappa shape index (κ1) is 36.9. The van der Waals surface area contributed by atoms with Crippen molar-refractivity contribution in [2.75, 3.05) is 24.8 Å². The summed E-state index contributed by atoms with van der Waals surface area (Å²) in [6, 6.07) is 18.4. The number of nitrogens with one attached hydrogen (secondary N) is 1. The third-order valence-electron chi connectivity index (χ3n) is 8.50. The van der Waals surface area contributed by atoms with Gasteiger partial charge in [-0.3, -0.25) is 4.79 Å². The molecule has 5 N–H and O–H groups in total. The first-order valence-corrected chi connectivity index (χ1v) is 17.5. The Morgan fingerprint density at radius 2 is 1.66 bits per heavy atom. The first-order chi connectivity index (χ1) is 23.8. The van der Waals surface area contributed by atoms with Crippen molar-refractivity contribution >= 4 is 27.6 Å². The molecule has 1 amide bonds. The van der Waals surface area contributed by atoms with Crippen molar-refractivity contribution in [1.29, 1.82) is 0 Å². The monoisotopic (exact) mass is 712 g/mol. The summed E-state index contributed by atoms with van der Waals surface area (Å²) in [6.07, 6.45) is -7.63. The average molecular weight is 713 g/mol. The predicted molar refractivity (Wildman–Crippen MR) is 176 cm³/mol. The molecule has 5 rings (SSSR count). The topological polar surface area (TPSA) is 192 Å². The number of sulfonamides is 1. The van der Waals surface area contributed by atoms with Gasteiger partial charge in [-0.25, -0.2) is 22.3 Å². The van der Waals surface area contributed by atoms with Crippen molar-refractivity contribution in [2.45, 2.75) is 55.7 Å². The molecule has 0 aliphatic carbocycles. The van der Waals surface area contributed by atoms with Crippen LogP contribution in [0.25, 0.3) is 0 Å². The fourth-order valence-electron chi connectivity index (χ4n) is 5.84. The van der Waals surface area contributed by atoms with E-state index in [1.54, 1.807) is 53.4 Å². The zero-order valence-electron chi connectivity index (χ0n) is 27.0. The minimum atomic E-state index is -3.38. The van der Waals surface area contributed by atoms with Crippen molar-refractivity contribution in [2.24, 2.45) is 5.92 Å². The van der Waals surface area contributed by atoms with Gasteiger partial charge in [0.05, 0.1) is 38.0 Å². The van der Waals surface area contributed by atoms with Crippen LogP contribution in [0.2, 0.25) is 0 Å². The number of methoxy groups -OCH3 is 1. The van der Waals surface area contributed by atoms with E-state index < -0.39 is 70.6 Å². The van der Waals surface area contributed by atoms with E-state index in [9.17, 15) is 42.8 Å². The van der Waals surface area contributed by atoms with Crippen molar-refractivity contribution in [3.8, 4) is 17.6 Å². The molecule has 13 nitrogen and oxygen atoms in total. The number of carbonyl (C=O) groups excluding carboxylic acids is 2. The molecule has 266 valence electrons. The van der Waals surface area contributed by atoms with E-state index >= 15 is 0 Å². The Bertz CT molecular complexity index is 1830. The largest absolute Gasteiger partial charge is 0.467 e. The number of nitrogens with zero attached hydrogens (tertiary/aromatic N) is 1. The van der Waals surface area contributed by atoms with Gasteiger partial charge in [0.2, 0.25) is 22.2 Å². The van der Waals surface area contributed by atoms with Crippen molar-refractivity contribution in [1.82, 2.24) is 4.72 Å². The molecule has 15 heteroatoms. The Labute approximate surface area is 288 Å². The molecule has 0 bridgehead atoms. The zero-order chi connectivity index (χ0) is 36.2. The molecule has 1 unspecified atom stereocenters. The van der Waals surface area contributed by atoms with E-state index in [0.29, 0.717) is 28.8 Å². The van der Waals surface area contributed by atoms with E-state index in [1.165, 1.54) is 24.3 Å². The van der Waals surface area contributed by atoms with Gasteiger partial charge in [0.1, 0.15) is 29.9 Å². The number of anilines is 1. The highest BCUT2D eigenvalue weighted by Crippen LogP contribution is 2.46. The molecule has 0 radical (unpaired) electrons. The first-order valence-electron chi connectivity index (χ1n) is 15.6. The van der Waals surface area contributed by atoms with Crippen LogP contribution in [0.1, 0.15) is 41.7 Å². The molecule has 2 fully saturated rings. The van der Waals surface area contributed by atoms with Crippen LogP contribution in [-0.2, 0) is 29.1 Å². The SMILES string of the molecule is COC(=O)[C@H]1O[C@@H](Oc2ccc(C3[C@@H](CC[C@H](O)c4ccc(F)cc4)C(=O)N3c3ccc(C#CCNS(C)(=O)=O)cc3)cc2)[C@H](O)[C@@H](O)[C@@H]1O. The van der Waals surface area contributed by atoms with Gasteiger partial charge in [0, 0.05) is 11.3 Å². The summed E-state index contributed by atoms with van der Waals surface area (Å²) in [4.78, 5) is 27.3. The second-order valence-corrected chi connectivity index (χ2v) is 13.8. The lowest BCUT2D eigenvalue weighted by Gasteiger charge is -2.48. The molecular formula is C35H37FN2O11S. The summed E-state index contributed by atoms with van der Waals surface area (Å²) in [5.74, 6) is 3.69. The number of benzene rings is 3. The highest BCUT2D eigenvalue weighted by Gasteiger charge is 2.50. The van der Waals surface area contributed by atoms with Gasteiger partial charge in [0.15, 0.2) is 6.10 Å². The summed E-state index contributed by atoms with van der Waals surface area (Å²) < 4.78 is 54.0. The van der Waals surface area contributed by atoms with Crippen molar-refractivity contribution in [3.05, 3.63) is 95.3 Å². The molecule has 2 saturated heterocycles. The quantitative estimate of drug-likeness (QED) is 0.109. The third kappa shape index (κ3) is 8.48. The highest BCUT2D eigenvalue weighted by molar-refractivity contribution is 7.88. The second-order valence-electron chi connectivity index (χ2n) is 12.0. The number of hydrogen-bond donors (Lipinski definition) is 5. The number of amides is 1. The summed E-state index contributed by atoms with van der Waals surface area (Å²) in [7, 11) is -2.29. The standard InChI is InChI=1S/C35H37FN2O11S/c1-47-34(44)32-30(41)29(40)31(42)35(49-32)48-25-15-9-22(10-16-25)28-26(17-18-27(39)21-7-11-23(36)12-8-21)33(43)38(28)24-13-5-20(6-14-24)4-3-19-37-50(2,45)46/h5-16,26-32,35,37,39-42H,17-19H2,1-2H3/t26-,27+,28?,29+,30+,31-,32+,35-/m1/s1. The Morgan fingerprint density at radius 3 is 2.28 bits per heavy atom. The van der Waals surface area contributed by atoms with E-state index in [4.69, 9.17) is 9.47 Å². The third-order valence-corrected chi connectivity index (χ3v) is 9.17. The normalized spacial score (nSPS) is 25.5. The van der Waals surface area contributed by atoms with Gasteiger partial charge in [0.25, 0.3) is 0 Å². The van der Waals surface area contributed by atoms with Crippen LogP contribution in [0.5, 0.6) is 5.75 Å². The number of hydrogen-bond acceptors (Lipinski definition) is 11. The highest BCUT2D eigenvalue weighted by atomic mass is 32.2. The number of halogens is 1. The Hall–Kier alpha value is -4.40. The number of aliphatic hydroxyl groups excluding tert-OH is 4. The molecule has 3 aromatic carbocycles. The molecule has 0 spiro atoms. The Morgan fingerprint density at radius 1 is 1.00 bits per heavy atom. The maximum Gasteiger partial charge on any atom is 0.337 e. The smallest absolute Gasteiger partial charge is 0.337 e. The molecule has 0 aromatic heterocycles. The number of carbonyl (C=O) groups is 2. The zero-order valence-corrected chi connectivity index (χ0v) is 27.9. The molecule has 2 heterocycles. The fraction of sp³-hybridized carbons (Fsp3) is 0.371. The maximum atomic E-state index is 13.6. The summed E-state index contributed by atoms with van der Waals surface area (Å²) in [5, 5.41) is 41.6. The van der Waals surface area contributed by atoms with Crippen LogP contribution in [-0.4, -0.2) is 91.3 Å². The Kier molecular flexibility index (Phi) is 11.5. The number of aliphatic hydroxyl groups is 4. The minimum Gasteiger partial charge on any atom is -0.467 e. The van der Waals surface area contributed by atoms with Gasteiger partial charge < -0.3 is 39.5 Å². The molecule has 2 aliphatic heterocycles. The van der Waals surface area contributed by atoms with Crippen LogP contribution < -0.4 is 14.4 Å². The number of ether oxygens (including phenoxy) is 3. The van der Waals surface area contributed by atoms with Gasteiger partial charge in [-0.15, -0.1) is 0 Å². The molecule has 0 saturated carbocycles. The molecular weight excluding hydrogens is 675 g/mol. The van der Waals surface area contributed by atoms with Crippen LogP contribution >= 0.6 is 0 Å². The Balaban J connectivity index is 1.35. The lowest BCUT2D eigenvalue weighted by Crippen LogP contribution is -2.61. The number of esters is 1. The van der Waals surface area contributed by atoms with Gasteiger partial charge in [-0.1, -0.05) is 36.1 Å². The van der Waals surface area contributed by atoms with E-state index in [2.05, 4.69) is 21.3 Å². The van der Waals surface area contributed by atoms with Crippen molar-refractivity contribution < 1.29 is 57.0 Å². The van der Waals surface area contributed by atoms with E-state index in [1.807, 2.05) is 0 Å². The summed E-state index contributed by atoms with van der Waals surface area (Å²) in [6.45, 7) is -0.0569. The van der Waals surface area contributed by atoms with Crippen molar-refractivity contribution in [3.63, 3.8) is 0 Å². The predicted octanol–water partition coefficient (Wildman–Crippen LogP) is 1.30. The lowest BCUT2D eigenvalue weighted by molar-refractivity contribution is -0.271. The van der Waals surface area contributed by atoms with Gasteiger partial charge in [-0.2, -0.15) is 0 Å². The van der Waals surface area contributed by atoms with Crippen LogP contribution in [0.3, 0.4) is 0 Å². The average Bonchev–Trinajstić information content (AvgIpc) is 3.09. The molecule has 2 aliphatic rings. The molecule has 3 aromatic rings. The molecule has 8 atom stereocenters. The minimum absolute atomic E-state index is 0.0569. The van der Waals surface area contributed by atoms with E-state index in [0.717, 1.165) is 13.4 Å².